The van der Waals surface area contributed by atoms with Crippen LogP contribution in [0.2, 0.25) is 0 Å². The molecule has 0 bridgehead atoms. The van der Waals surface area contributed by atoms with E-state index in [9.17, 15) is 9.59 Å². The van der Waals surface area contributed by atoms with Gasteiger partial charge in [0.25, 0.3) is 5.91 Å². The summed E-state index contributed by atoms with van der Waals surface area (Å²) in [5.41, 5.74) is 3.25. The number of nitrogens with one attached hydrogen (secondary N) is 2. The molecular formula is C21H26N2O4. The van der Waals surface area contributed by atoms with E-state index in [1.165, 1.54) is 0 Å². The Hall–Kier alpha value is -2.76. The second-order valence-corrected chi connectivity index (χ2v) is 7.28. The number of hydrogen-bond acceptors (Lipinski definition) is 4. The van der Waals surface area contributed by atoms with Crippen LogP contribution in [-0.4, -0.2) is 36.1 Å². The predicted molar refractivity (Wildman–Crippen MR) is 102 cm³/mol. The van der Waals surface area contributed by atoms with E-state index in [1.807, 2.05) is 18.2 Å². The van der Waals surface area contributed by atoms with Gasteiger partial charge in [-0.3, -0.25) is 4.79 Å². The molecule has 0 spiro atoms. The highest BCUT2D eigenvalue weighted by Crippen LogP contribution is 2.26. The number of H-pyrrole nitrogens is 1. The first-order valence-electron chi connectivity index (χ1n) is 9.25. The smallest absolute Gasteiger partial charge is 0.340 e. The molecule has 0 fully saturated rings. The SMILES string of the molecule is Cc1[nH]c(C(=O)NC[C@H]2COc3ccccc3C2)c(C)c1C(=O)OC(C)C. The van der Waals surface area contributed by atoms with Crippen LogP contribution < -0.4 is 10.1 Å². The first-order valence-corrected chi connectivity index (χ1v) is 9.25. The number of aromatic amines is 1. The fourth-order valence-electron chi connectivity index (χ4n) is 3.40. The molecule has 0 aliphatic carbocycles. The lowest BCUT2D eigenvalue weighted by molar-refractivity contribution is 0.0376. The minimum absolute atomic E-state index is 0.211. The summed E-state index contributed by atoms with van der Waals surface area (Å²) in [6, 6.07) is 7.96. The Morgan fingerprint density at radius 3 is 2.78 bits per heavy atom. The van der Waals surface area contributed by atoms with Gasteiger partial charge in [-0.25, -0.2) is 4.79 Å². The zero-order chi connectivity index (χ0) is 19.6. The van der Waals surface area contributed by atoms with Crippen molar-refractivity contribution in [3.63, 3.8) is 0 Å². The van der Waals surface area contributed by atoms with Crippen LogP contribution in [0.3, 0.4) is 0 Å². The van der Waals surface area contributed by atoms with Crippen molar-refractivity contribution in [1.82, 2.24) is 10.3 Å². The van der Waals surface area contributed by atoms with E-state index in [4.69, 9.17) is 9.47 Å². The van der Waals surface area contributed by atoms with Crippen LogP contribution in [-0.2, 0) is 11.2 Å². The molecule has 6 heteroatoms. The molecule has 144 valence electrons. The molecule has 0 saturated carbocycles. The van der Waals surface area contributed by atoms with E-state index >= 15 is 0 Å². The summed E-state index contributed by atoms with van der Waals surface area (Å²) in [5, 5.41) is 2.96. The molecule has 1 aromatic carbocycles. The Labute approximate surface area is 159 Å². The number of esters is 1. The Kier molecular flexibility index (Phi) is 5.54. The number of aromatic nitrogens is 1. The molecule has 1 aliphatic rings. The summed E-state index contributed by atoms with van der Waals surface area (Å²) >= 11 is 0. The summed E-state index contributed by atoms with van der Waals surface area (Å²) in [4.78, 5) is 27.9. The average molecular weight is 370 g/mol. The number of benzene rings is 1. The quantitative estimate of drug-likeness (QED) is 0.792. The van der Waals surface area contributed by atoms with Crippen molar-refractivity contribution in [2.75, 3.05) is 13.2 Å². The first-order chi connectivity index (χ1) is 12.9. The molecular weight excluding hydrogens is 344 g/mol. The average Bonchev–Trinajstić information content (AvgIpc) is 2.93. The van der Waals surface area contributed by atoms with Gasteiger partial charge in [0.15, 0.2) is 0 Å². The van der Waals surface area contributed by atoms with Crippen LogP contribution in [0.5, 0.6) is 5.75 Å². The van der Waals surface area contributed by atoms with Crippen molar-refractivity contribution in [2.24, 2.45) is 5.92 Å². The fourth-order valence-corrected chi connectivity index (χ4v) is 3.40. The van der Waals surface area contributed by atoms with Gasteiger partial charge >= 0.3 is 5.97 Å². The zero-order valence-corrected chi connectivity index (χ0v) is 16.2. The summed E-state index contributed by atoms with van der Waals surface area (Å²) in [6.07, 6.45) is 0.656. The number of amides is 1. The van der Waals surface area contributed by atoms with Gasteiger partial charge in [0, 0.05) is 18.2 Å². The van der Waals surface area contributed by atoms with Gasteiger partial charge in [-0.1, -0.05) is 18.2 Å². The molecule has 0 unspecified atom stereocenters. The molecule has 27 heavy (non-hydrogen) atoms. The third kappa shape index (κ3) is 4.15. The second-order valence-electron chi connectivity index (χ2n) is 7.28. The Bertz CT molecular complexity index is 854. The summed E-state index contributed by atoms with van der Waals surface area (Å²) in [5.74, 6) is 0.500. The maximum absolute atomic E-state index is 12.6. The molecule has 2 aromatic rings. The number of aryl methyl sites for hydroxylation is 1. The van der Waals surface area contributed by atoms with Crippen molar-refractivity contribution in [3.05, 3.63) is 52.3 Å². The number of rotatable bonds is 5. The molecule has 2 N–H and O–H groups in total. The molecule has 1 aromatic heterocycles. The largest absolute Gasteiger partial charge is 0.493 e. The number of carbonyl (C=O) groups is 2. The molecule has 2 heterocycles. The molecule has 0 saturated heterocycles. The summed E-state index contributed by atoms with van der Waals surface area (Å²) in [7, 11) is 0. The summed E-state index contributed by atoms with van der Waals surface area (Å²) < 4.78 is 11.0. The van der Waals surface area contributed by atoms with Gasteiger partial charge in [-0.05, 0) is 51.3 Å². The topological polar surface area (TPSA) is 80.4 Å². The van der Waals surface area contributed by atoms with Crippen molar-refractivity contribution in [3.8, 4) is 5.75 Å². The van der Waals surface area contributed by atoms with E-state index in [1.54, 1.807) is 27.7 Å². The van der Waals surface area contributed by atoms with Crippen LogP contribution >= 0.6 is 0 Å². The maximum Gasteiger partial charge on any atom is 0.340 e. The van der Waals surface area contributed by atoms with Crippen molar-refractivity contribution < 1.29 is 19.1 Å². The Morgan fingerprint density at radius 1 is 1.30 bits per heavy atom. The van der Waals surface area contributed by atoms with Crippen molar-refractivity contribution in [2.45, 2.75) is 40.2 Å². The number of fused-ring (bicyclic) bond motifs is 1. The van der Waals surface area contributed by atoms with Gasteiger partial charge in [-0.2, -0.15) is 0 Å². The van der Waals surface area contributed by atoms with Crippen molar-refractivity contribution in [1.29, 1.82) is 0 Å². The molecule has 1 amide bonds. The Morgan fingerprint density at radius 2 is 2.04 bits per heavy atom. The van der Waals surface area contributed by atoms with Crippen molar-refractivity contribution >= 4 is 11.9 Å². The molecule has 1 aliphatic heterocycles. The van der Waals surface area contributed by atoms with E-state index in [2.05, 4.69) is 16.4 Å². The second kappa shape index (κ2) is 7.86. The first kappa shape index (κ1) is 19.0. The molecule has 6 nitrogen and oxygen atoms in total. The van der Waals surface area contributed by atoms with Crippen LogP contribution in [0.4, 0.5) is 0 Å². The minimum Gasteiger partial charge on any atom is -0.493 e. The highest BCUT2D eigenvalue weighted by molar-refractivity contribution is 6.00. The van der Waals surface area contributed by atoms with E-state index in [0.29, 0.717) is 35.7 Å². The lowest BCUT2D eigenvalue weighted by Crippen LogP contribution is -2.35. The number of hydrogen-bond donors (Lipinski definition) is 2. The van der Waals surface area contributed by atoms with Gasteiger partial charge < -0.3 is 19.8 Å². The highest BCUT2D eigenvalue weighted by Gasteiger charge is 2.25. The van der Waals surface area contributed by atoms with Crippen LogP contribution in [0.25, 0.3) is 0 Å². The monoisotopic (exact) mass is 370 g/mol. The highest BCUT2D eigenvalue weighted by atomic mass is 16.5. The maximum atomic E-state index is 12.6. The van der Waals surface area contributed by atoms with Gasteiger partial charge in [0.2, 0.25) is 0 Å². The number of ether oxygens (including phenoxy) is 2. The molecule has 0 radical (unpaired) electrons. The standard InChI is InChI=1S/C21H26N2O4/c1-12(2)27-21(25)18-13(3)19(23-14(18)4)20(24)22-10-15-9-16-7-5-6-8-17(16)26-11-15/h5-8,12,15,23H,9-11H2,1-4H3,(H,22,24)/t15-/m0/s1. The van der Waals surface area contributed by atoms with Gasteiger partial charge in [0.05, 0.1) is 18.3 Å². The predicted octanol–water partition coefficient (Wildman–Crippen LogP) is 3.18. The lowest BCUT2D eigenvalue weighted by atomic mass is 9.96. The third-order valence-corrected chi connectivity index (χ3v) is 4.72. The van der Waals surface area contributed by atoms with Gasteiger partial charge in [0.1, 0.15) is 11.4 Å². The Balaban J connectivity index is 1.64. The van der Waals surface area contributed by atoms with E-state index in [0.717, 1.165) is 17.7 Å². The molecule has 3 rings (SSSR count). The molecule has 1 atom stereocenters. The summed E-state index contributed by atoms with van der Waals surface area (Å²) in [6.45, 7) is 8.21. The van der Waals surface area contributed by atoms with Crippen LogP contribution in [0, 0.1) is 19.8 Å². The minimum atomic E-state index is -0.410. The fraction of sp³-hybridized carbons (Fsp3) is 0.429. The van der Waals surface area contributed by atoms with E-state index in [-0.39, 0.29) is 17.9 Å². The zero-order valence-electron chi connectivity index (χ0n) is 16.2. The van der Waals surface area contributed by atoms with Gasteiger partial charge in [-0.15, -0.1) is 0 Å². The van der Waals surface area contributed by atoms with Crippen LogP contribution in [0.1, 0.15) is 51.5 Å². The lowest BCUT2D eigenvalue weighted by Gasteiger charge is -2.25. The van der Waals surface area contributed by atoms with E-state index < -0.39 is 5.97 Å². The van der Waals surface area contributed by atoms with Crippen LogP contribution in [0.15, 0.2) is 24.3 Å². The number of para-hydroxylation sites is 1. The number of carbonyl (C=O) groups excluding carboxylic acids is 2. The third-order valence-electron chi connectivity index (χ3n) is 4.72. The normalized spacial score (nSPS) is 15.8.